The molecule has 0 fully saturated rings. The highest BCUT2D eigenvalue weighted by atomic mass is 35.5. The average Bonchev–Trinajstić information content (AvgIpc) is 2.99. The third kappa shape index (κ3) is 8.61. The average molecular weight is 598 g/mol. The summed E-state index contributed by atoms with van der Waals surface area (Å²) in [5.74, 6) is 0.183. The zero-order valence-electron chi connectivity index (χ0n) is 23.7. The summed E-state index contributed by atoms with van der Waals surface area (Å²) in [6.45, 7) is 2.41. The summed E-state index contributed by atoms with van der Waals surface area (Å²) in [5, 5.41) is 7.07. The number of rotatable bonds is 14. The molecule has 42 heavy (non-hydrogen) atoms. The molecule has 11 nitrogen and oxygen atoms in total. The molecule has 0 saturated carbocycles. The Morgan fingerprint density at radius 2 is 1.62 bits per heavy atom. The maximum Gasteiger partial charge on any atom is 0.343 e. The van der Waals surface area contributed by atoms with Crippen LogP contribution < -0.4 is 34.4 Å². The maximum atomic E-state index is 12.9. The molecule has 0 unspecified atom stereocenters. The number of carbonyl (C=O) groups is 3. The van der Waals surface area contributed by atoms with Crippen LogP contribution in [0.2, 0.25) is 5.02 Å². The molecule has 0 aromatic heterocycles. The number of halogens is 1. The van der Waals surface area contributed by atoms with Gasteiger partial charge in [0, 0.05) is 13.0 Å². The van der Waals surface area contributed by atoms with Crippen LogP contribution in [0.25, 0.3) is 0 Å². The highest BCUT2D eigenvalue weighted by Gasteiger charge is 2.20. The van der Waals surface area contributed by atoms with Crippen LogP contribution in [0, 0.1) is 0 Å². The summed E-state index contributed by atoms with van der Waals surface area (Å²) in [6, 6.07) is 14.5. The topological polar surface area (TPSA) is 134 Å². The van der Waals surface area contributed by atoms with Gasteiger partial charge in [-0.3, -0.25) is 9.59 Å². The minimum Gasteiger partial charge on any atom is -0.493 e. The van der Waals surface area contributed by atoms with Gasteiger partial charge in [0.1, 0.15) is 0 Å². The predicted octanol–water partition coefficient (Wildman–Crippen LogP) is 4.64. The molecule has 222 valence electrons. The lowest BCUT2D eigenvalue weighted by Gasteiger charge is -2.15. The fraction of sp³-hybridized carbons (Fsp3) is 0.267. The third-order valence-corrected chi connectivity index (χ3v) is 6.09. The molecule has 3 aromatic rings. The summed E-state index contributed by atoms with van der Waals surface area (Å²) in [5.41, 5.74) is 3.60. The van der Waals surface area contributed by atoms with Gasteiger partial charge in [-0.25, -0.2) is 10.2 Å². The quantitative estimate of drug-likeness (QED) is 0.0902. The Kier molecular flexibility index (Phi) is 12.0. The Balaban J connectivity index is 1.56. The Hall–Kier alpha value is -4.77. The lowest BCUT2D eigenvalue weighted by Crippen LogP contribution is -2.26. The van der Waals surface area contributed by atoms with E-state index < -0.39 is 5.97 Å². The summed E-state index contributed by atoms with van der Waals surface area (Å²) in [4.78, 5) is 37.3. The molecule has 3 aromatic carbocycles. The van der Waals surface area contributed by atoms with Gasteiger partial charge < -0.3 is 29.0 Å². The van der Waals surface area contributed by atoms with Crippen LogP contribution in [0.5, 0.6) is 28.7 Å². The molecule has 2 N–H and O–H groups in total. The van der Waals surface area contributed by atoms with E-state index in [9.17, 15) is 14.4 Å². The second-order valence-corrected chi connectivity index (χ2v) is 8.98. The van der Waals surface area contributed by atoms with Gasteiger partial charge in [-0.2, -0.15) is 5.10 Å². The van der Waals surface area contributed by atoms with Gasteiger partial charge in [-0.05, 0) is 61.4 Å². The number of esters is 1. The number of ether oxygens (including phenoxy) is 5. The summed E-state index contributed by atoms with van der Waals surface area (Å²) < 4.78 is 27.2. The maximum absolute atomic E-state index is 12.9. The minimum atomic E-state index is -0.660. The predicted molar refractivity (Wildman–Crippen MR) is 157 cm³/mol. The fourth-order valence-corrected chi connectivity index (χ4v) is 3.96. The van der Waals surface area contributed by atoms with Crippen molar-refractivity contribution in [2.75, 3.05) is 34.5 Å². The number of nitrogens with one attached hydrogen (secondary N) is 2. The molecule has 0 radical (unpaired) electrons. The molecule has 0 heterocycles. The zero-order valence-corrected chi connectivity index (χ0v) is 24.4. The van der Waals surface area contributed by atoms with Gasteiger partial charge in [0.15, 0.2) is 23.0 Å². The van der Waals surface area contributed by atoms with Crippen molar-refractivity contribution < 1.29 is 38.1 Å². The van der Waals surface area contributed by atoms with Crippen molar-refractivity contribution >= 4 is 35.6 Å². The number of nitrogens with zero attached hydrogens (tertiary/aromatic N) is 1. The fourth-order valence-electron chi connectivity index (χ4n) is 3.74. The van der Waals surface area contributed by atoms with Gasteiger partial charge in [0.25, 0.3) is 5.91 Å². The van der Waals surface area contributed by atoms with E-state index in [4.69, 9.17) is 35.3 Å². The van der Waals surface area contributed by atoms with E-state index in [1.165, 1.54) is 39.7 Å². The van der Waals surface area contributed by atoms with Gasteiger partial charge in [-0.15, -0.1) is 0 Å². The van der Waals surface area contributed by atoms with Gasteiger partial charge in [0.05, 0.1) is 50.3 Å². The van der Waals surface area contributed by atoms with E-state index in [1.54, 1.807) is 49.4 Å². The van der Waals surface area contributed by atoms with Crippen molar-refractivity contribution in [1.29, 1.82) is 0 Å². The molecular weight excluding hydrogens is 566 g/mol. The molecule has 0 aliphatic heterocycles. The van der Waals surface area contributed by atoms with E-state index in [1.807, 2.05) is 0 Å². The van der Waals surface area contributed by atoms with E-state index in [2.05, 4.69) is 15.8 Å². The van der Waals surface area contributed by atoms with Gasteiger partial charge >= 0.3 is 5.97 Å². The molecule has 0 spiro atoms. The summed E-state index contributed by atoms with van der Waals surface area (Å²) >= 11 is 6.02. The Morgan fingerprint density at radius 3 is 2.26 bits per heavy atom. The van der Waals surface area contributed by atoms with Crippen LogP contribution >= 0.6 is 11.6 Å². The van der Waals surface area contributed by atoms with E-state index in [0.29, 0.717) is 58.7 Å². The normalized spacial score (nSPS) is 10.6. The molecule has 0 bridgehead atoms. The standard InChI is InChI=1S/C30H32ClN3O8/c1-5-41-24-15-19(18-33-34-27(35)11-8-14-32-29(36)21-9-6-7-10-22(21)31)12-13-23(24)42-30(37)20-16-25(38-2)28(40-4)26(17-20)39-3/h6-7,9-10,12-13,15-18H,5,8,11,14H2,1-4H3,(H,32,36)(H,34,35). The molecule has 3 rings (SSSR count). The lowest BCUT2D eigenvalue weighted by molar-refractivity contribution is -0.121. The molecule has 0 atom stereocenters. The van der Waals surface area contributed by atoms with Crippen LogP contribution in [-0.4, -0.2) is 58.5 Å². The number of hydrogen-bond donors (Lipinski definition) is 2. The smallest absolute Gasteiger partial charge is 0.343 e. The van der Waals surface area contributed by atoms with E-state index in [-0.39, 0.29) is 29.5 Å². The third-order valence-electron chi connectivity index (χ3n) is 5.76. The van der Waals surface area contributed by atoms with Gasteiger partial charge in [0.2, 0.25) is 11.7 Å². The monoisotopic (exact) mass is 597 g/mol. The molecule has 12 heteroatoms. The van der Waals surface area contributed by atoms with Gasteiger partial charge in [-0.1, -0.05) is 23.7 Å². The molecular formula is C30H32ClN3O8. The highest BCUT2D eigenvalue weighted by molar-refractivity contribution is 6.33. The number of hydrazone groups is 1. The largest absolute Gasteiger partial charge is 0.493 e. The molecule has 0 saturated heterocycles. The van der Waals surface area contributed by atoms with E-state index in [0.717, 1.165) is 0 Å². The lowest BCUT2D eigenvalue weighted by atomic mass is 10.1. The Bertz CT molecular complexity index is 1420. The number of methoxy groups -OCH3 is 3. The van der Waals surface area contributed by atoms with E-state index >= 15 is 0 Å². The van der Waals surface area contributed by atoms with Crippen LogP contribution in [0.4, 0.5) is 0 Å². The van der Waals surface area contributed by atoms with Crippen molar-refractivity contribution in [3.63, 3.8) is 0 Å². The van der Waals surface area contributed by atoms with Crippen molar-refractivity contribution in [3.05, 3.63) is 76.3 Å². The number of benzene rings is 3. The van der Waals surface area contributed by atoms with Crippen LogP contribution in [0.1, 0.15) is 46.0 Å². The summed E-state index contributed by atoms with van der Waals surface area (Å²) in [6.07, 6.45) is 2.00. The van der Waals surface area contributed by atoms with Crippen molar-refractivity contribution in [2.24, 2.45) is 5.10 Å². The molecule has 0 aliphatic carbocycles. The zero-order chi connectivity index (χ0) is 30.5. The number of amides is 2. The van der Waals surface area contributed by atoms with Crippen LogP contribution in [0.15, 0.2) is 59.7 Å². The summed E-state index contributed by atoms with van der Waals surface area (Å²) in [7, 11) is 4.37. The second-order valence-electron chi connectivity index (χ2n) is 8.58. The van der Waals surface area contributed by atoms with Crippen molar-refractivity contribution in [1.82, 2.24) is 10.7 Å². The van der Waals surface area contributed by atoms with Crippen molar-refractivity contribution in [2.45, 2.75) is 19.8 Å². The van der Waals surface area contributed by atoms with Crippen LogP contribution in [0.3, 0.4) is 0 Å². The number of hydrogen-bond acceptors (Lipinski definition) is 9. The number of carbonyl (C=O) groups excluding carboxylic acids is 3. The first-order valence-corrected chi connectivity index (χ1v) is 13.3. The van der Waals surface area contributed by atoms with Crippen LogP contribution in [-0.2, 0) is 4.79 Å². The van der Waals surface area contributed by atoms with Crippen molar-refractivity contribution in [3.8, 4) is 28.7 Å². The molecule has 2 amide bonds. The first kappa shape index (κ1) is 31.8. The Morgan fingerprint density at radius 1 is 0.905 bits per heavy atom. The highest BCUT2D eigenvalue weighted by Crippen LogP contribution is 2.39. The first-order valence-electron chi connectivity index (χ1n) is 12.9. The minimum absolute atomic E-state index is 0.153. The second kappa shape index (κ2) is 15.9. The molecule has 0 aliphatic rings. The first-order chi connectivity index (χ1) is 20.3. The Labute approximate surface area is 248 Å². The SMILES string of the molecule is CCOc1cc(C=NNC(=O)CCCNC(=O)c2ccccc2Cl)ccc1OC(=O)c1cc(OC)c(OC)c(OC)c1.